The second kappa shape index (κ2) is 9.62. The Morgan fingerprint density at radius 1 is 1.24 bits per heavy atom. The second-order valence-corrected chi connectivity index (χ2v) is 7.48. The summed E-state index contributed by atoms with van der Waals surface area (Å²) in [4.78, 5) is 21.9. The van der Waals surface area contributed by atoms with E-state index in [0.29, 0.717) is 36.9 Å². The molecule has 0 atom stereocenters. The topological polar surface area (TPSA) is 70.2 Å². The van der Waals surface area contributed by atoms with E-state index in [4.69, 9.17) is 17.0 Å². The minimum atomic E-state index is -0.100. The molecule has 2 N–H and O–H groups in total. The normalized spacial score (nSPS) is 10.9. The molecule has 0 aliphatic rings. The zero-order valence-electron chi connectivity index (χ0n) is 17.0. The summed E-state index contributed by atoms with van der Waals surface area (Å²) >= 11 is 5.59. The van der Waals surface area contributed by atoms with Crippen LogP contribution in [0.15, 0.2) is 47.5 Å². The van der Waals surface area contributed by atoms with Crippen molar-refractivity contribution < 1.29 is 4.74 Å². The zero-order valence-corrected chi connectivity index (χ0v) is 17.8. The first kappa shape index (κ1) is 21.0. The Balaban J connectivity index is 1.89. The molecule has 0 aliphatic carbocycles. The standard InChI is InChI=1S/C22H26N4O2S/c1-15-9-18-11-19(21(27)25-20(18)10-16(15)2)14-26(22(29)24-7-8-28-3)13-17-5-4-6-23-12-17/h4-6,9-12H,7-8,13-14H2,1-3H3,(H,24,29)(H,25,27). The Kier molecular flexibility index (Phi) is 6.95. The van der Waals surface area contributed by atoms with Gasteiger partial charge in [0.25, 0.3) is 5.56 Å². The Hall–Kier alpha value is -2.77. The van der Waals surface area contributed by atoms with Gasteiger partial charge in [0.15, 0.2) is 5.11 Å². The van der Waals surface area contributed by atoms with E-state index >= 15 is 0 Å². The predicted molar refractivity (Wildman–Crippen MR) is 120 cm³/mol. The zero-order chi connectivity index (χ0) is 20.8. The minimum absolute atomic E-state index is 0.100. The first-order chi connectivity index (χ1) is 14.0. The molecule has 6 nitrogen and oxygen atoms in total. The first-order valence-corrected chi connectivity index (χ1v) is 9.92. The molecule has 0 fully saturated rings. The van der Waals surface area contributed by atoms with Crippen LogP contribution in [0.5, 0.6) is 0 Å². The highest BCUT2D eigenvalue weighted by atomic mass is 32.1. The third-order valence-corrected chi connectivity index (χ3v) is 5.27. The van der Waals surface area contributed by atoms with E-state index in [9.17, 15) is 4.79 Å². The number of aromatic nitrogens is 2. The van der Waals surface area contributed by atoms with Crippen molar-refractivity contribution in [2.24, 2.45) is 0 Å². The number of nitrogens with zero attached hydrogens (tertiary/aromatic N) is 2. The molecule has 0 amide bonds. The molecule has 7 heteroatoms. The summed E-state index contributed by atoms with van der Waals surface area (Å²) in [6.07, 6.45) is 3.54. The van der Waals surface area contributed by atoms with E-state index < -0.39 is 0 Å². The van der Waals surface area contributed by atoms with E-state index in [1.807, 2.05) is 42.3 Å². The van der Waals surface area contributed by atoms with Crippen LogP contribution in [-0.4, -0.2) is 40.2 Å². The van der Waals surface area contributed by atoms with Gasteiger partial charge in [0.1, 0.15) is 0 Å². The lowest BCUT2D eigenvalue weighted by Crippen LogP contribution is -2.41. The lowest BCUT2D eigenvalue weighted by molar-refractivity contribution is 0.202. The number of fused-ring (bicyclic) bond motifs is 1. The summed E-state index contributed by atoms with van der Waals surface area (Å²) in [5.41, 5.74) is 4.78. The number of methoxy groups -OCH3 is 1. The fourth-order valence-corrected chi connectivity index (χ4v) is 3.36. The van der Waals surface area contributed by atoms with Gasteiger partial charge >= 0.3 is 0 Å². The van der Waals surface area contributed by atoms with Crippen molar-refractivity contribution in [2.75, 3.05) is 20.3 Å². The molecular formula is C22H26N4O2S. The summed E-state index contributed by atoms with van der Waals surface area (Å²) in [6, 6.07) is 9.96. The Bertz CT molecular complexity index is 1050. The van der Waals surface area contributed by atoms with Crippen molar-refractivity contribution in [3.05, 3.63) is 75.3 Å². The summed E-state index contributed by atoms with van der Waals surface area (Å²) in [5.74, 6) is 0. The van der Waals surface area contributed by atoms with Crippen molar-refractivity contribution in [3.8, 4) is 0 Å². The van der Waals surface area contributed by atoms with Gasteiger partial charge in [0.05, 0.1) is 13.2 Å². The molecule has 0 saturated heterocycles. The van der Waals surface area contributed by atoms with Gasteiger partial charge in [-0.2, -0.15) is 0 Å². The van der Waals surface area contributed by atoms with Crippen LogP contribution in [0, 0.1) is 13.8 Å². The number of pyridine rings is 2. The first-order valence-electron chi connectivity index (χ1n) is 9.51. The molecule has 152 valence electrons. The van der Waals surface area contributed by atoms with Gasteiger partial charge in [-0.1, -0.05) is 6.07 Å². The molecule has 2 heterocycles. The van der Waals surface area contributed by atoms with E-state index in [0.717, 1.165) is 22.0 Å². The Morgan fingerprint density at radius 2 is 2.03 bits per heavy atom. The lowest BCUT2D eigenvalue weighted by Gasteiger charge is -2.26. The van der Waals surface area contributed by atoms with Crippen LogP contribution in [0.3, 0.4) is 0 Å². The number of rotatable bonds is 7. The van der Waals surface area contributed by atoms with E-state index in [-0.39, 0.29) is 5.56 Å². The number of aromatic amines is 1. The van der Waals surface area contributed by atoms with Crippen LogP contribution in [0.2, 0.25) is 0 Å². The van der Waals surface area contributed by atoms with Gasteiger partial charge in [-0.05, 0) is 72.4 Å². The van der Waals surface area contributed by atoms with Crippen LogP contribution in [0.1, 0.15) is 22.3 Å². The van der Waals surface area contributed by atoms with E-state index in [1.54, 1.807) is 13.3 Å². The quantitative estimate of drug-likeness (QED) is 0.461. The van der Waals surface area contributed by atoms with Gasteiger partial charge in [0, 0.05) is 43.7 Å². The summed E-state index contributed by atoms with van der Waals surface area (Å²) < 4.78 is 5.09. The molecule has 0 saturated carbocycles. The number of thiocarbonyl (C=S) groups is 1. The number of aryl methyl sites for hydroxylation is 2. The molecule has 0 radical (unpaired) electrons. The largest absolute Gasteiger partial charge is 0.383 e. The third-order valence-electron chi connectivity index (χ3n) is 4.86. The number of nitrogens with one attached hydrogen (secondary N) is 2. The molecule has 1 aromatic carbocycles. The predicted octanol–water partition coefficient (Wildman–Crippen LogP) is 3.06. The van der Waals surface area contributed by atoms with Crippen molar-refractivity contribution in [3.63, 3.8) is 0 Å². The van der Waals surface area contributed by atoms with Gasteiger partial charge in [0.2, 0.25) is 0 Å². The van der Waals surface area contributed by atoms with Crippen LogP contribution in [-0.2, 0) is 17.8 Å². The molecule has 3 rings (SSSR count). The second-order valence-electron chi connectivity index (χ2n) is 7.09. The molecule has 0 bridgehead atoms. The van der Waals surface area contributed by atoms with Crippen LogP contribution in [0.4, 0.5) is 0 Å². The highest BCUT2D eigenvalue weighted by molar-refractivity contribution is 7.80. The molecule has 0 unspecified atom stereocenters. The average Bonchev–Trinajstić information content (AvgIpc) is 2.70. The SMILES string of the molecule is COCCNC(=S)N(Cc1cccnc1)Cc1cc2cc(C)c(C)cc2[nH]c1=O. The summed E-state index contributed by atoms with van der Waals surface area (Å²) in [7, 11) is 1.65. The lowest BCUT2D eigenvalue weighted by atomic mass is 10.0. The highest BCUT2D eigenvalue weighted by Crippen LogP contribution is 2.18. The van der Waals surface area contributed by atoms with E-state index in [1.165, 1.54) is 5.56 Å². The van der Waals surface area contributed by atoms with Crippen LogP contribution >= 0.6 is 12.2 Å². The average molecular weight is 411 g/mol. The van der Waals surface area contributed by atoms with Crippen molar-refractivity contribution in [2.45, 2.75) is 26.9 Å². The highest BCUT2D eigenvalue weighted by Gasteiger charge is 2.14. The Labute approximate surface area is 175 Å². The van der Waals surface area contributed by atoms with Crippen molar-refractivity contribution >= 4 is 28.2 Å². The molecular weight excluding hydrogens is 384 g/mol. The van der Waals surface area contributed by atoms with Crippen LogP contribution < -0.4 is 10.9 Å². The van der Waals surface area contributed by atoms with Gasteiger partial charge in [-0.25, -0.2) is 0 Å². The number of H-pyrrole nitrogens is 1. The Morgan fingerprint density at radius 3 is 2.76 bits per heavy atom. The molecule has 3 aromatic rings. The fraction of sp³-hybridized carbons (Fsp3) is 0.318. The number of hydrogen-bond acceptors (Lipinski definition) is 4. The minimum Gasteiger partial charge on any atom is -0.383 e. The van der Waals surface area contributed by atoms with Crippen molar-refractivity contribution in [1.29, 1.82) is 0 Å². The molecule has 0 aliphatic heterocycles. The number of benzene rings is 1. The third kappa shape index (κ3) is 5.40. The fourth-order valence-electron chi connectivity index (χ4n) is 3.13. The van der Waals surface area contributed by atoms with Crippen molar-refractivity contribution in [1.82, 2.24) is 20.2 Å². The van der Waals surface area contributed by atoms with Gasteiger partial charge in [-0.3, -0.25) is 9.78 Å². The molecule has 29 heavy (non-hydrogen) atoms. The van der Waals surface area contributed by atoms with Gasteiger partial charge in [-0.15, -0.1) is 0 Å². The molecule has 2 aromatic heterocycles. The maximum absolute atomic E-state index is 12.7. The summed E-state index contributed by atoms with van der Waals surface area (Å²) in [5, 5.41) is 4.79. The molecule has 0 spiro atoms. The summed E-state index contributed by atoms with van der Waals surface area (Å²) in [6.45, 7) is 6.22. The number of hydrogen-bond donors (Lipinski definition) is 2. The number of ether oxygens (including phenoxy) is 1. The monoisotopic (exact) mass is 410 g/mol. The smallest absolute Gasteiger partial charge is 0.253 e. The van der Waals surface area contributed by atoms with Gasteiger partial charge < -0.3 is 19.9 Å². The van der Waals surface area contributed by atoms with Crippen LogP contribution in [0.25, 0.3) is 10.9 Å². The maximum atomic E-state index is 12.7. The maximum Gasteiger partial charge on any atom is 0.253 e. The van der Waals surface area contributed by atoms with E-state index in [2.05, 4.69) is 28.3 Å².